The predicted molar refractivity (Wildman–Crippen MR) is 71.0 cm³/mol. The SMILES string of the molecule is O=C1Cc2cc([N+](=O)[O-])ccc2Oc2cc(O)c(O)cc21. The van der Waals surface area contributed by atoms with Gasteiger partial charge in [0.1, 0.15) is 11.5 Å². The molecule has 2 N–H and O–H groups in total. The summed E-state index contributed by atoms with van der Waals surface area (Å²) in [6.07, 6.45) is -0.0891. The van der Waals surface area contributed by atoms with Gasteiger partial charge in [-0.15, -0.1) is 0 Å². The molecule has 0 aliphatic carbocycles. The largest absolute Gasteiger partial charge is 0.504 e. The minimum Gasteiger partial charge on any atom is -0.504 e. The van der Waals surface area contributed by atoms with E-state index in [-0.39, 0.29) is 29.2 Å². The van der Waals surface area contributed by atoms with Crippen LogP contribution in [-0.2, 0) is 6.42 Å². The van der Waals surface area contributed by atoms with Crippen LogP contribution in [0.1, 0.15) is 15.9 Å². The molecule has 7 nitrogen and oxygen atoms in total. The highest BCUT2D eigenvalue weighted by Crippen LogP contribution is 2.40. The van der Waals surface area contributed by atoms with Gasteiger partial charge in [-0.1, -0.05) is 0 Å². The number of ether oxygens (including phenoxy) is 1. The summed E-state index contributed by atoms with van der Waals surface area (Å²) in [7, 11) is 0. The predicted octanol–water partition coefficient (Wildman–Crippen LogP) is 2.54. The first-order chi connectivity index (χ1) is 9.95. The molecule has 1 aliphatic heterocycles. The molecule has 2 aromatic carbocycles. The van der Waals surface area contributed by atoms with Crippen molar-refractivity contribution in [1.82, 2.24) is 0 Å². The van der Waals surface area contributed by atoms with E-state index in [1.54, 1.807) is 0 Å². The Bertz CT molecular complexity index is 783. The van der Waals surface area contributed by atoms with E-state index in [9.17, 15) is 25.1 Å². The van der Waals surface area contributed by atoms with Gasteiger partial charge in [0.05, 0.1) is 10.5 Å². The molecule has 0 amide bonds. The Morgan fingerprint density at radius 2 is 1.81 bits per heavy atom. The van der Waals surface area contributed by atoms with E-state index >= 15 is 0 Å². The number of phenols is 2. The number of carbonyl (C=O) groups excluding carboxylic acids is 1. The van der Waals surface area contributed by atoms with Crippen molar-refractivity contribution in [3.63, 3.8) is 0 Å². The van der Waals surface area contributed by atoms with Crippen molar-refractivity contribution in [3.05, 3.63) is 51.6 Å². The molecule has 21 heavy (non-hydrogen) atoms. The van der Waals surface area contributed by atoms with E-state index in [1.807, 2.05) is 0 Å². The second-order valence-corrected chi connectivity index (χ2v) is 4.59. The Labute approximate surface area is 118 Å². The molecule has 0 fully saturated rings. The van der Waals surface area contributed by atoms with Crippen LogP contribution >= 0.6 is 0 Å². The van der Waals surface area contributed by atoms with Crippen molar-refractivity contribution in [2.45, 2.75) is 6.42 Å². The lowest BCUT2D eigenvalue weighted by Crippen LogP contribution is -2.02. The maximum atomic E-state index is 12.2. The standard InChI is InChI=1S/C14H9NO6/c16-10-4-7-3-8(15(19)20)1-2-13(7)21-14-6-12(18)11(17)5-9(10)14/h1-3,5-6,17-18H,4H2. The van der Waals surface area contributed by atoms with E-state index in [0.717, 1.165) is 12.1 Å². The maximum absolute atomic E-state index is 12.2. The zero-order valence-corrected chi connectivity index (χ0v) is 10.6. The molecule has 0 spiro atoms. The lowest BCUT2D eigenvalue weighted by Gasteiger charge is -2.09. The second kappa shape index (κ2) is 4.48. The van der Waals surface area contributed by atoms with Crippen LogP contribution in [0.2, 0.25) is 0 Å². The smallest absolute Gasteiger partial charge is 0.269 e. The number of nitro benzene ring substituents is 1. The number of benzene rings is 2. The zero-order valence-electron chi connectivity index (χ0n) is 10.6. The number of rotatable bonds is 1. The lowest BCUT2D eigenvalue weighted by atomic mass is 10.0. The van der Waals surface area contributed by atoms with Gasteiger partial charge in [-0.25, -0.2) is 0 Å². The van der Waals surface area contributed by atoms with Crippen molar-refractivity contribution in [2.75, 3.05) is 0 Å². The van der Waals surface area contributed by atoms with Gasteiger partial charge in [-0.05, 0) is 12.1 Å². The van der Waals surface area contributed by atoms with Crippen LogP contribution < -0.4 is 4.74 Å². The monoisotopic (exact) mass is 287 g/mol. The highest BCUT2D eigenvalue weighted by Gasteiger charge is 2.24. The number of hydrogen-bond donors (Lipinski definition) is 2. The third-order valence-electron chi connectivity index (χ3n) is 3.20. The van der Waals surface area contributed by atoms with Gasteiger partial charge in [0.25, 0.3) is 5.69 Å². The Hall–Kier alpha value is -3.09. The summed E-state index contributed by atoms with van der Waals surface area (Å²) in [5.74, 6) is -0.796. The Balaban J connectivity index is 2.13. The molecule has 0 saturated carbocycles. The molecule has 1 aliphatic rings. The summed E-state index contributed by atoms with van der Waals surface area (Å²) in [5.41, 5.74) is 0.357. The molecule has 0 aromatic heterocycles. The van der Waals surface area contributed by atoms with Crippen LogP contribution in [0.15, 0.2) is 30.3 Å². The first-order valence-electron chi connectivity index (χ1n) is 6.00. The van der Waals surface area contributed by atoms with Gasteiger partial charge < -0.3 is 14.9 Å². The number of non-ortho nitro benzene ring substituents is 1. The van der Waals surface area contributed by atoms with Gasteiger partial charge in [0.15, 0.2) is 17.3 Å². The van der Waals surface area contributed by atoms with Crippen LogP contribution in [0, 0.1) is 10.1 Å². The Morgan fingerprint density at radius 3 is 2.52 bits per heavy atom. The molecule has 0 atom stereocenters. The number of phenolic OH excluding ortho intramolecular Hbond substituents is 2. The first kappa shape index (κ1) is 12.9. The Morgan fingerprint density at radius 1 is 1.10 bits per heavy atom. The van der Waals surface area contributed by atoms with Gasteiger partial charge in [-0.2, -0.15) is 0 Å². The molecule has 7 heteroatoms. The Kier molecular flexibility index (Phi) is 2.76. The third kappa shape index (κ3) is 2.14. The average Bonchev–Trinajstić information content (AvgIpc) is 2.55. The minimum absolute atomic E-state index is 0.0891. The fraction of sp³-hybridized carbons (Fsp3) is 0.0714. The molecule has 1 heterocycles. The van der Waals surface area contributed by atoms with E-state index < -0.39 is 16.4 Å². The number of nitro groups is 1. The fourth-order valence-corrected chi connectivity index (χ4v) is 2.16. The summed E-state index contributed by atoms with van der Waals surface area (Å²) in [6, 6.07) is 6.21. The second-order valence-electron chi connectivity index (χ2n) is 4.59. The zero-order chi connectivity index (χ0) is 15.1. The van der Waals surface area contributed by atoms with E-state index in [0.29, 0.717) is 11.3 Å². The first-order valence-corrected chi connectivity index (χ1v) is 6.00. The molecular formula is C14H9NO6. The summed E-state index contributed by atoms with van der Waals surface area (Å²) >= 11 is 0. The quantitative estimate of drug-likeness (QED) is 0.473. The number of ketones is 1. The number of hydrogen-bond acceptors (Lipinski definition) is 6. The highest BCUT2D eigenvalue weighted by atomic mass is 16.6. The molecule has 106 valence electrons. The van der Waals surface area contributed by atoms with Crippen molar-refractivity contribution < 1.29 is 24.7 Å². The van der Waals surface area contributed by atoms with Crippen LogP contribution in [0.3, 0.4) is 0 Å². The molecule has 2 aromatic rings. The summed E-state index contributed by atoms with van der Waals surface area (Å²) in [4.78, 5) is 22.4. The number of aromatic hydroxyl groups is 2. The molecule has 0 unspecified atom stereocenters. The van der Waals surface area contributed by atoms with Crippen molar-refractivity contribution >= 4 is 11.5 Å². The topological polar surface area (TPSA) is 110 Å². The molecule has 3 rings (SSSR count). The molecule has 0 bridgehead atoms. The summed E-state index contributed by atoms with van der Waals surface area (Å²) < 4.78 is 5.53. The average molecular weight is 287 g/mol. The minimum atomic E-state index is -0.555. The highest BCUT2D eigenvalue weighted by molar-refractivity contribution is 6.01. The van der Waals surface area contributed by atoms with Crippen LogP contribution in [0.4, 0.5) is 5.69 Å². The van der Waals surface area contributed by atoms with Gasteiger partial charge >= 0.3 is 0 Å². The molecule has 0 radical (unpaired) electrons. The van der Waals surface area contributed by atoms with Crippen molar-refractivity contribution in [1.29, 1.82) is 0 Å². The summed E-state index contributed by atoms with van der Waals surface area (Å²) in [6.45, 7) is 0. The van der Waals surface area contributed by atoms with Gasteiger partial charge in [0, 0.05) is 30.2 Å². The van der Waals surface area contributed by atoms with Crippen molar-refractivity contribution in [2.24, 2.45) is 0 Å². The number of carbonyl (C=O) groups is 1. The normalized spacial score (nSPS) is 12.9. The molecule has 0 saturated heterocycles. The van der Waals surface area contributed by atoms with Crippen molar-refractivity contribution in [3.8, 4) is 23.0 Å². The van der Waals surface area contributed by atoms with Crippen LogP contribution in [-0.4, -0.2) is 20.9 Å². The third-order valence-corrected chi connectivity index (χ3v) is 3.20. The number of Topliss-reactive ketones (excluding diaryl/α,β-unsaturated/α-hetero) is 1. The van der Waals surface area contributed by atoms with Gasteiger partial charge in [0.2, 0.25) is 0 Å². The van der Waals surface area contributed by atoms with Crippen LogP contribution in [0.25, 0.3) is 0 Å². The lowest BCUT2D eigenvalue weighted by molar-refractivity contribution is -0.384. The number of fused-ring (bicyclic) bond motifs is 2. The van der Waals surface area contributed by atoms with Crippen LogP contribution in [0.5, 0.6) is 23.0 Å². The number of nitrogens with zero attached hydrogens (tertiary/aromatic N) is 1. The molecular weight excluding hydrogens is 278 g/mol. The van der Waals surface area contributed by atoms with E-state index in [4.69, 9.17) is 4.74 Å². The van der Waals surface area contributed by atoms with E-state index in [2.05, 4.69) is 0 Å². The fourth-order valence-electron chi connectivity index (χ4n) is 2.16. The van der Waals surface area contributed by atoms with E-state index in [1.165, 1.54) is 18.2 Å². The summed E-state index contributed by atoms with van der Waals surface area (Å²) in [5, 5.41) is 29.7. The maximum Gasteiger partial charge on any atom is 0.269 e. The van der Waals surface area contributed by atoms with Gasteiger partial charge in [-0.3, -0.25) is 14.9 Å².